The molecule has 0 aromatic heterocycles. The molecule has 2 aromatic carbocycles. The summed E-state index contributed by atoms with van der Waals surface area (Å²) >= 11 is 5.89. The smallest absolute Gasteiger partial charge is 0.341 e. The minimum Gasteiger partial charge on any atom is -0.483 e. The Kier molecular flexibility index (Phi) is 6.72. The maximum Gasteiger partial charge on any atom is 0.341 e. The number of anilines is 1. The van der Waals surface area contributed by atoms with E-state index < -0.39 is 5.97 Å². The lowest BCUT2D eigenvalue weighted by atomic mass is 10.2. The SMILES string of the molecule is COC(=O)c1cc(Cl)ccc1OCC(=O)NCc1cccc(NC(=O)C2CC2)c1. The molecule has 0 aliphatic heterocycles. The predicted molar refractivity (Wildman–Crippen MR) is 108 cm³/mol. The highest BCUT2D eigenvalue weighted by Gasteiger charge is 2.29. The van der Waals surface area contributed by atoms with E-state index in [0.717, 1.165) is 18.4 Å². The zero-order valence-corrected chi connectivity index (χ0v) is 16.6. The first-order chi connectivity index (χ1) is 14.0. The number of hydrogen-bond donors (Lipinski definition) is 2. The van der Waals surface area contributed by atoms with Crippen molar-refractivity contribution in [3.63, 3.8) is 0 Å². The molecule has 0 heterocycles. The fourth-order valence-electron chi connectivity index (χ4n) is 2.64. The van der Waals surface area contributed by atoms with Crippen LogP contribution in [-0.2, 0) is 20.9 Å². The Labute approximate surface area is 173 Å². The van der Waals surface area contributed by atoms with Gasteiger partial charge in [-0.1, -0.05) is 23.7 Å². The summed E-state index contributed by atoms with van der Waals surface area (Å²) in [5.74, 6) is -0.598. The third-order valence-corrected chi connectivity index (χ3v) is 4.57. The molecule has 2 amide bonds. The van der Waals surface area contributed by atoms with E-state index >= 15 is 0 Å². The van der Waals surface area contributed by atoms with E-state index in [1.807, 2.05) is 24.3 Å². The second-order valence-corrected chi connectivity index (χ2v) is 7.10. The lowest BCUT2D eigenvalue weighted by Crippen LogP contribution is -2.28. The fourth-order valence-corrected chi connectivity index (χ4v) is 2.81. The molecule has 3 rings (SSSR count). The summed E-state index contributed by atoms with van der Waals surface area (Å²) in [4.78, 5) is 35.8. The van der Waals surface area contributed by atoms with Crippen molar-refractivity contribution < 1.29 is 23.9 Å². The summed E-state index contributed by atoms with van der Waals surface area (Å²) in [7, 11) is 1.25. The van der Waals surface area contributed by atoms with Crippen molar-refractivity contribution in [1.82, 2.24) is 5.32 Å². The van der Waals surface area contributed by atoms with Crippen molar-refractivity contribution in [2.24, 2.45) is 5.92 Å². The Morgan fingerprint density at radius 1 is 1.14 bits per heavy atom. The van der Waals surface area contributed by atoms with Gasteiger partial charge in [0.1, 0.15) is 11.3 Å². The molecule has 2 aromatic rings. The molecule has 0 spiro atoms. The number of halogens is 1. The summed E-state index contributed by atoms with van der Waals surface area (Å²) in [5.41, 5.74) is 1.69. The first-order valence-electron chi connectivity index (χ1n) is 9.13. The van der Waals surface area contributed by atoms with E-state index in [9.17, 15) is 14.4 Å². The molecular weight excluding hydrogens is 396 g/mol. The summed E-state index contributed by atoms with van der Waals surface area (Å²) in [6.07, 6.45) is 1.87. The van der Waals surface area contributed by atoms with E-state index in [4.69, 9.17) is 21.1 Å². The molecule has 152 valence electrons. The summed E-state index contributed by atoms with van der Waals surface area (Å²) in [6.45, 7) is 0.00351. The van der Waals surface area contributed by atoms with Crippen LogP contribution in [0.1, 0.15) is 28.8 Å². The molecule has 0 unspecified atom stereocenters. The second-order valence-electron chi connectivity index (χ2n) is 6.66. The van der Waals surface area contributed by atoms with Crippen LogP contribution in [0.4, 0.5) is 5.69 Å². The third-order valence-electron chi connectivity index (χ3n) is 4.34. The van der Waals surface area contributed by atoms with Gasteiger partial charge in [0.2, 0.25) is 5.91 Å². The molecular formula is C21H21ClN2O5. The Morgan fingerprint density at radius 2 is 1.93 bits per heavy atom. The van der Waals surface area contributed by atoms with Crippen LogP contribution in [0.5, 0.6) is 5.75 Å². The first-order valence-corrected chi connectivity index (χ1v) is 9.51. The van der Waals surface area contributed by atoms with E-state index in [2.05, 4.69) is 10.6 Å². The number of benzene rings is 2. The summed E-state index contributed by atoms with van der Waals surface area (Å²) in [6, 6.07) is 11.8. The van der Waals surface area contributed by atoms with Crippen LogP contribution < -0.4 is 15.4 Å². The van der Waals surface area contributed by atoms with E-state index in [-0.39, 0.29) is 42.2 Å². The number of amides is 2. The third kappa shape index (κ3) is 5.96. The average Bonchev–Trinajstić information content (AvgIpc) is 3.56. The molecule has 29 heavy (non-hydrogen) atoms. The van der Waals surface area contributed by atoms with E-state index in [1.54, 1.807) is 6.07 Å². The van der Waals surface area contributed by atoms with Crippen molar-refractivity contribution >= 4 is 35.1 Å². The maximum absolute atomic E-state index is 12.1. The molecule has 0 atom stereocenters. The lowest BCUT2D eigenvalue weighted by Gasteiger charge is -2.11. The highest BCUT2D eigenvalue weighted by molar-refractivity contribution is 6.31. The highest BCUT2D eigenvalue weighted by Crippen LogP contribution is 2.30. The maximum atomic E-state index is 12.1. The van der Waals surface area contributed by atoms with E-state index in [1.165, 1.54) is 19.2 Å². The number of ether oxygens (including phenoxy) is 2. The van der Waals surface area contributed by atoms with Gasteiger partial charge < -0.3 is 20.1 Å². The predicted octanol–water partition coefficient (Wildman–Crippen LogP) is 3.17. The van der Waals surface area contributed by atoms with Gasteiger partial charge in [0.05, 0.1) is 7.11 Å². The second kappa shape index (κ2) is 9.43. The van der Waals surface area contributed by atoms with Crippen molar-refractivity contribution in [2.45, 2.75) is 19.4 Å². The quantitative estimate of drug-likeness (QED) is 0.644. The van der Waals surface area contributed by atoms with Crippen LogP contribution in [0.15, 0.2) is 42.5 Å². The van der Waals surface area contributed by atoms with Crippen molar-refractivity contribution in [1.29, 1.82) is 0 Å². The number of carbonyl (C=O) groups excluding carboxylic acids is 3. The lowest BCUT2D eigenvalue weighted by molar-refractivity contribution is -0.123. The number of esters is 1. The average molecular weight is 417 g/mol. The van der Waals surface area contributed by atoms with Crippen molar-refractivity contribution in [3.05, 3.63) is 58.6 Å². The molecule has 7 nitrogen and oxygen atoms in total. The van der Waals surface area contributed by atoms with Gasteiger partial charge in [-0.2, -0.15) is 0 Å². The van der Waals surface area contributed by atoms with Gasteiger partial charge in [0.15, 0.2) is 6.61 Å². The number of nitrogens with one attached hydrogen (secondary N) is 2. The normalized spacial score (nSPS) is 12.8. The first kappa shape index (κ1) is 20.7. The van der Waals surface area contributed by atoms with Gasteiger partial charge in [-0.15, -0.1) is 0 Å². The van der Waals surface area contributed by atoms with Crippen LogP contribution in [-0.4, -0.2) is 31.5 Å². The topological polar surface area (TPSA) is 93.7 Å². The van der Waals surface area contributed by atoms with Gasteiger partial charge in [0, 0.05) is 23.2 Å². The zero-order valence-electron chi connectivity index (χ0n) is 15.9. The summed E-state index contributed by atoms with van der Waals surface area (Å²) in [5, 5.41) is 5.97. The van der Waals surface area contributed by atoms with Crippen molar-refractivity contribution in [3.8, 4) is 5.75 Å². The van der Waals surface area contributed by atoms with Gasteiger partial charge >= 0.3 is 5.97 Å². The zero-order chi connectivity index (χ0) is 20.8. The van der Waals surface area contributed by atoms with Gasteiger partial charge in [0.25, 0.3) is 5.91 Å². The fraction of sp³-hybridized carbons (Fsp3) is 0.286. The monoisotopic (exact) mass is 416 g/mol. The molecule has 1 saturated carbocycles. The Balaban J connectivity index is 1.52. The molecule has 1 aliphatic carbocycles. The van der Waals surface area contributed by atoms with Crippen molar-refractivity contribution in [2.75, 3.05) is 19.0 Å². The van der Waals surface area contributed by atoms with Crippen LogP contribution in [0.2, 0.25) is 5.02 Å². The Hall–Kier alpha value is -3.06. The Bertz CT molecular complexity index is 927. The van der Waals surface area contributed by atoms with Crippen LogP contribution in [0.3, 0.4) is 0 Å². The van der Waals surface area contributed by atoms with Gasteiger partial charge in [-0.3, -0.25) is 9.59 Å². The van der Waals surface area contributed by atoms with Crippen LogP contribution in [0, 0.1) is 5.92 Å². The minimum atomic E-state index is -0.604. The largest absolute Gasteiger partial charge is 0.483 e. The summed E-state index contributed by atoms with van der Waals surface area (Å²) < 4.78 is 10.1. The number of hydrogen-bond acceptors (Lipinski definition) is 5. The number of methoxy groups -OCH3 is 1. The van der Waals surface area contributed by atoms with Crippen LogP contribution >= 0.6 is 11.6 Å². The van der Waals surface area contributed by atoms with Gasteiger partial charge in [-0.25, -0.2) is 4.79 Å². The molecule has 2 N–H and O–H groups in total. The molecule has 0 bridgehead atoms. The minimum absolute atomic E-state index is 0.0314. The Morgan fingerprint density at radius 3 is 2.66 bits per heavy atom. The van der Waals surface area contributed by atoms with E-state index in [0.29, 0.717) is 10.7 Å². The standard InChI is InChI=1S/C21H21ClN2O5/c1-28-21(27)17-10-15(22)7-8-18(17)29-12-19(25)23-11-13-3-2-4-16(9-13)24-20(26)14-5-6-14/h2-4,7-10,14H,5-6,11-12H2,1H3,(H,23,25)(H,24,26). The highest BCUT2D eigenvalue weighted by atomic mass is 35.5. The van der Waals surface area contributed by atoms with Gasteiger partial charge in [-0.05, 0) is 48.7 Å². The molecule has 1 aliphatic rings. The van der Waals surface area contributed by atoms with Crippen LogP contribution in [0.25, 0.3) is 0 Å². The molecule has 0 radical (unpaired) electrons. The number of carbonyl (C=O) groups is 3. The molecule has 1 fully saturated rings. The molecule has 0 saturated heterocycles. The molecule has 8 heteroatoms. The number of rotatable bonds is 8.